The minimum atomic E-state index is 0.362. The first-order valence-corrected chi connectivity index (χ1v) is 6.54. The largest absolute Gasteiger partial charge is 0.368 e. The monoisotopic (exact) mass is 282 g/mol. The number of nitrogens with one attached hydrogen (secondary N) is 1. The Labute approximate surface area is 103 Å². The number of aromatic nitrogens is 2. The van der Waals surface area contributed by atoms with Gasteiger partial charge in [0.25, 0.3) is 0 Å². The number of anilines is 1. The predicted octanol–water partition coefficient (Wildman–Crippen LogP) is 1.50. The van der Waals surface area contributed by atoms with E-state index in [0.717, 1.165) is 28.5 Å². The first-order valence-electron chi connectivity index (χ1n) is 5.75. The summed E-state index contributed by atoms with van der Waals surface area (Å²) in [7, 11) is 0. The molecule has 2 heterocycles. The molecule has 2 aliphatic rings. The maximum Gasteiger partial charge on any atom is 0.220 e. The molecule has 4 nitrogen and oxygen atoms in total. The van der Waals surface area contributed by atoms with E-state index in [4.69, 9.17) is 5.73 Å². The molecule has 86 valence electrons. The molecule has 0 unspecified atom stereocenters. The molecule has 0 amide bonds. The molecule has 2 fully saturated rings. The summed E-state index contributed by atoms with van der Waals surface area (Å²) < 4.78 is 0.964. The second kappa shape index (κ2) is 3.96. The van der Waals surface area contributed by atoms with Crippen LogP contribution in [0.2, 0.25) is 0 Å². The van der Waals surface area contributed by atoms with Crippen LogP contribution in [0, 0.1) is 5.92 Å². The fourth-order valence-electron chi connectivity index (χ4n) is 2.97. The van der Waals surface area contributed by atoms with Crippen molar-refractivity contribution in [1.82, 2.24) is 15.3 Å². The lowest BCUT2D eigenvalue weighted by molar-refractivity contribution is 0.377. The van der Waals surface area contributed by atoms with E-state index in [1.54, 1.807) is 6.20 Å². The quantitative estimate of drug-likeness (QED) is 0.863. The average molecular weight is 283 g/mol. The molecule has 1 aliphatic carbocycles. The molecule has 1 aliphatic heterocycles. The van der Waals surface area contributed by atoms with Crippen LogP contribution in [0.5, 0.6) is 0 Å². The molecule has 1 saturated heterocycles. The Morgan fingerprint density at radius 2 is 2.38 bits per heavy atom. The van der Waals surface area contributed by atoms with Gasteiger partial charge in [-0.2, -0.15) is 0 Å². The van der Waals surface area contributed by atoms with Crippen LogP contribution in [0.4, 0.5) is 5.95 Å². The highest BCUT2D eigenvalue weighted by Gasteiger charge is 2.39. The first-order chi connectivity index (χ1) is 7.72. The van der Waals surface area contributed by atoms with Crippen molar-refractivity contribution in [1.29, 1.82) is 0 Å². The fourth-order valence-corrected chi connectivity index (χ4v) is 3.32. The van der Waals surface area contributed by atoms with Crippen LogP contribution in [0.1, 0.15) is 25.0 Å². The molecule has 3 rings (SSSR count). The Bertz CT molecular complexity index is 409. The first kappa shape index (κ1) is 10.5. The van der Waals surface area contributed by atoms with Gasteiger partial charge in [0.2, 0.25) is 5.95 Å². The van der Waals surface area contributed by atoms with Gasteiger partial charge in [0.15, 0.2) is 0 Å². The summed E-state index contributed by atoms with van der Waals surface area (Å²) in [6.07, 6.45) is 6.73. The van der Waals surface area contributed by atoms with Gasteiger partial charge < -0.3 is 11.1 Å². The number of halogens is 1. The Morgan fingerprint density at radius 3 is 3.06 bits per heavy atom. The summed E-state index contributed by atoms with van der Waals surface area (Å²) in [4.78, 5) is 8.26. The van der Waals surface area contributed by atoms with Gasteiger partial charge in [-0.3, -0.25) is 0 Å². The molecule has 16 heavy (non-hydrogen) atoms. The normalized spacial score (nSPS) is 32.2. The van der Waals surface area contributed by atoms with Crippen molar-refractivity contribution in [3.8, 4) is 0 Å². The standard InChI is InChI=1S/C11H15BrN4/c12-8-5-14-11(13)16-10(8)4-9-6-1-2-7(3-6)15-9/h5-7,9,15H,1-4H2,(H2,13,14,16)/t6-,7+,9-/m0/s1. The van der Waals surface area contributed by atoms with Crippen molar-refractivity contribution < 1.29 is 0 Å². The Hall–Kier alpha value is -0.680. The smallest absolute Gasteiger partial charge is 0.220 e. The van der Waals surface area contributed by atoms with Crippen LogP contribution in [0.3, 0.4) is 0 Å². The van der Waals surface area contributed by atoms with E-state index in [1.165, 1.54) is 19.3 Å². The molecule has 3 atom stereocenters. The number of nitrogens with zero attached hydrogens (tertiary/aromatic N) is 2. The zero-order valence-corrected chi connectivity index (χ0v) is 10.6. The van der Waals surface area contributed by atoms with Crippen molar-refractivity contribution >= 4 is 21.9 Å². The van der Waals surface area contributed by atoms with Gasteiger partial charge in [-0.25, -0.2) is 9.97 Å². The lowest BCUT2D eigenvalue weighted by Gasteiger charge is -2.23. The summed E-state index contributed by atoms with van der Waals surface area (Å²) in [5.74, 6) is 1.19. The molecule has 0 radical (unpaired) electrons. The van der Waals surface area contributed by atoms with Crippen LogP contribution in [0.25, 0.3) is 0 Å². The molecule has 1 saturated carbocycles. The molecular formula is C11H15BrN4. The third-order valence-corrected chi connectivity index (χ3v) is 4.40. The van der Waals surface area contributed by atoms with Gasteiger partial charge in [0.1, 0.15) is 0 Å². The molecule has 5 heteroatoms. The zero-order valence-electron chi connectivity index (χ0n) is 8.99. The number of hydrogen-bond donors (Lipinski definition) is 2. The van der Waals surface area contributed by atoms with Gasteiger partial charge in [-0.1, -0.05) is 0 Å². The molecule has 0 aromatic carbocycles. The molecule has 3 N–H and O–H groups in total. The second-order valence-corrected chi connectivity index (χ2v) is 5.62. The Kier molecular flexibility index (Phi) is 2.59. The van der Waals surface area contributed by atoms with E-state index in [-0.39, 0.29) is 0 Å². The van der Waals surface area contributed by atoms with E-state index in [0.29, 0.717) is 12.0 Å². The number of piperidine rings is 1. The average Bonchev–Trinajstić information content (AvgIpc) is 2.85. The fraction of sp³-hybridized carbons (Fsp3) is 0.636. The van der Waals surface area contributed by atoms with Crippen LogP contribution in [-0.4, -0.2) is 22.1 Å². The minimum absolute atomic E-state index is 0.362. The zero-order chi connectivity index (χ0) is 11.1. The van der Waals surface area contributed by atoms with Crippen molar-refractivity contribution in [2.75, 3.05) is 5.73 Å². The molecule has 1 aromatic heterocycles. The van der Waals surface area contributed by atoms with Crippen LogP contribution >= 0.6 is 15.9 Å². The predicted molar refractivity (Wildman–Crippen MR) is 65.9 cm³/mol. The van der Waals surface area contributed by atoms with E-state index in [9.17, 15) is 0 Å². The van der Waals surface area contributed by atoms with Crippen LogP contribution in [0.15, 0.2) is 10.7 Å². The van der Waals surface area contributed by atoms with Crippen molar-refractivity contribution in [3.63, 3.8) is 0 Å². The summed E-state index contributed by atoms with van der Waals surface area (Å²) in [5.41, 5.74) is 6.64. The number of rotatable bonds is 2. The van der Waals surface area contributed by atoms with Crippen molar-refractivity contribution in [2.24, 2.45) is 5.92 Å². The second-order valence-electron chi connectivity index (χ2n) is 4.77. The summed E-state index contributed by atoms with van der Waals surface area (Å²) in [6.45, 7) is 0. The SMILES string of the molecule is Nc1ncc(Br)c(C[C@@H]2N[C@@H]3CC[C@H]2C3)n1. The lowest BCUT2D eigenvalue weighted by atomic mass is 9.96. The Balaban J connectivity index is 1.76. The summed E-state index contributed by atoms with van der Waals surface area (Å²) in [6, 6.07) is 1.32. The van der Waals surface area contributed by atoms with Crippen LogP contribution in [-0.2, 0) is 6.42 Å². The highest BCUT2D eigenvalue weighted by atomic mass is 79.9. The summed E-state index contributed by atoms with van der Waals surface area (Å²) >= 11 is 3.48. The van der Waals surface area contributed by atoms with E-state index < -0.39 is 0 Å². The molecule has 0 spiro atoms. The van der Waals surface area contributed by atoms with E-state index in [1.807, 2.05) is 0 Å². The third-order valence-electron chi connectivity index (χ3n) is 3.74. The van der Waals surface area contributed by atoms with Crippen molar-refractivity contribution in [2.45, 2.75) is 37.8 Å². The lowest BCUT2D eigenvalue weighted by Crippen LogP contribution is -2.37. The summed E-state index contributed by atoms with van der Waals surface area (Å²) in [5, 5.41) is 3.66. The number of fused-ring (bicyclic) bond motifs is 2. The topological polar surface area (TPSA) is 63.8 Å². The van der Waals surface area contributed by atoms with E-state index in [2.05, 4.69) is 31.2 Å². The van der Waals surface area contributed by atoms with E-state index >= 15 is 0 Å². The number of hydrogen-bond acceptors (Lipinski definition) is 4. The van der Waals surface area contributed by atoms with Gasteiger partial charge in [0, 0.05) is 24.7 Å². The minimum Gasteiger partial charge on any atom is -0.368 e. The van der Waals surface area contributed by atoms with Gasteiger partial charge in [-0.05, 0) is 41.1 Å². The molecule has 2 bridgehead atoms. The number of nitrogen functional groups attached to an aromatic ring is 1. The molecular weight excluding hydrogens is 268 g/mol. The molecule has 1 aromatic rings. The van der Waals surface area contributed by atoms with Gasteiger partial charge in [-0.15, -0.1) is 0 Å². The van der Waals surface area contributed by atoms with Crippen molar-refractivity contribution in [3.05, 3.63) is 16.4 Å². The maximum absolute atomic E-state index is 5.61. The highest BCUT2D eigenvalue weighted by molar-refractivity contribution is 9.10. The van der Waals surface area contributed by atoms with Gasteiger partial charge >= 0.3 is 0 Å². The maximum atomic E-state index is 5.61. The third kappa shape index (κ3) is 1.82. The highest BCUT2D eigenvalue weighted by Crippen LogP contribution is 2.36. The van der Waals surface area contributed by atoms with Crippen LogP contribution < -0.4 is 11.1 Å². The van der Waals surface area contributed by atoms with Gasteiger partial charge in [0.05, 0.1) is 10.2 Å². The Morgan fingerprint density at radius 1 is 1.50 bits per heavy atom. The number of nitrogens with two attached hydrogens (primary N) is 1.